The molecule has 32 heavy (non-hydrogen) atoms. The lowest BCUT2D eigenvalue weighted by Crippen LogP contribution is -2.44. The van der Waals surface area contributed by atoms with E-state index in [1.807, 2.05) is 6.07 Å². The molecule has 0 bridgehead atoms. The van der Waals surface area contributed by atoms with Crippen LogP contribution in [-0.2, 0) is 6.42 Å². The zero-order valence-electron chi connectivity index (χ0n) is 19.0. The minimum Gasteiger partial charge on any atom is -0.369 e. The molecule has 0 aliphatic carbocycles. The molecule has 0 spiro atoms. The summed E-state index contributed by atoms with van der Waals surface area (Å²) < 4.78 is 0. The Balaban J connectivity index is 0.00000289. The van der Waals surface area contributed by atoms with Crippen molar-refractivity contribution in [3.63, 3.8) is 0 Å². The van der Waals surface area contributed by atoms with Crippen LogP contribution >= 0.6 is 25.1 Å². The second kappa shape index (κ2) is 11.0. The van der Waals surface area contributed by atoms with Crippen LogP contribution in [0.25, 0.3) is 0 Å². The third kappa shape index (κ3) is 5.94. The Bertz CT molecular complexity index is 1020. The average Bonchev–Trinajstić information content (AvgIpc) is 2.78. The molecule has 1 fully saturated rings. The molecule has 1 aliphatic heterocycles. The maximum Gasteiger partial charge on any atom is 0.227 e. The van der Waals surface area contributed by atoms with Crippen molar-refractivity contribution in [2.24, 2.45) is 0 Å². The first-order valence-electron chi connectivity index (χ1n) is 10.9. The number of rotatable bonds is 6. The summed E-state index contributed by atoms with van der Waals surface area (Å²) in [5.74, 6) is 0.904. The molecular weight excluding hydrogens is 438 g/mol. The van der Waals surface area contributed by atoms with Crippen LogP contribution in [0.4, 0.5) is 17.3 Å². The van der Waals surface area contributed by atoms with Crippen LogP contribution in [0, 0.1) is 6.92 Å². The maximum atomic E-state index is 6.42. The van der Waals surface area contributed by atoms with Crippen molar-refractivity contribution >= 4 is 42.4 Å². The molecule has 5 nitrogen and oxygen atoms in total. The number of anilines is 3. The number of aromatic nitrogens is 2. The lowest BCUT2D eigenvalue weighted by molar-refractivity contribution is 0.313. The van der Waals surface area contributed by atoms with Crippen molar-refractivity contribution in [2.45, 2.75) is 26.2 Å². The first-order valence-corrected chi connectivity index (χ1v) is 11.2. The van der Waals surface area contributed by atoms with Crippen LogP contribution in [0.5, 0.6) is 0 Å². The van der Waals surface area contributed by atoms with Crippen molar-refractivity contribution in [3.8, 4) is 0 Å². The molecular formula is C25H32ClN5S. The Labute approximate surface area is 203 Å². The van der Waals surface area contributed by atoms with E-state index in [2.05, 4.69) is 83.5 Å². The predicted molar refractivity (Wildman–Crippen MR) is 140 cm³/mol. The molecule has 0 unspecified atom stereocenters. The zero-order chi connectivity index (χ0) is 21.8. The number of nitrogens with zero attached hydrogens (tertiary/aromatic N) is 4. The van der Waals surface area contributed by atoms with Gasteiger partial charge in [0.25, 0.3) is 0 Å². The molecule has 4 rings (SSSR count). The largest absolute Gasteiger partial charge is 0.369 e. The van der Waals surface area contributed by atoms with Gasteiger partial charge in [0.05, 0.1) is 16.9 Å². The van der Waals surface area contributed by atoms with E-state index in [-0.39, 0.29) is 13.5 Å². The van der Waals surface area contributed by atoms with Gasteiger partial charge in [-0.2, -0.15) is 13.5 Å². The molecule has 1 saturated heterocycles. The van der Waals surface area contributed by atoms with E-state index in [1.54, 1.807) is 6.20 Å². The number of piperazine rings is 1. The topological polar surface area (TPSA) is 44.3 Å². The molecule has 0 amide bonds. The molecule has 2 aromatic carbocycles. The number of nitrogens with one attached hydrogen (secondary N) is 1. The van der Waals surface area contributed by atoms with Gasteiger partial charge in [0.1, 0.15) is 0 Å². The summed E-state index contributed by atoms with van der Waals surface area (Å²) in [6.07, 6.45) is 2.46. The summed E-state index contributed by atoms with van der Waals surface area (Å²) in [6.45, 7) is 8.64. The standard InChI is InChI=1S/C25H30ClN5.H2S/c1-18(20-7-5-4-6-8-20)16-24-22(26)17-27-25(29-24)28-23-10-9-21(15-19(23)2)31-13-11-30(3)12-14-31;/h4-10,15,17-18H,11-14,16H2,1-3H3,(H,27,28,29);1H2/t18-;/m1./s1. The fourth-order valence-corrected chi connectivity index (χ4v) is 4.13. The minimum atomic E-state index is 0. The molecule has 3 aromatic rings. The first-order chi connectivity index (χ1) is 15.0. The quantitative estimate of drug-likeness (QED) is 0.524. The lowest BCUT2D eigenvalue weighted by atomic mass is 9.96. The van der Waals surface area contributed by atoms with E-state index in [4.69, 9.17) is 16.6 Å². The average molecular weight is 470 g/mol. The normalized spacial score (nSPS) is 15.2. The van der Waals surface area contributed by atoms with Gasteiger partial charge in [0.15, 0.2) is 0 Å². The summed E-state index contributed by atoms with van der Waals surface area (Å²) in [7, 11) is 2.18. The predicted octanol–water partition coefficient (Wildman–Crippen LogP) is 5.39. The fourth-order valence-electron chi connectivity index (χ4n) is 3.97. The summed E-state index contributed by atoms with van der Waals surface area (Å²) >= 11 is 6.42. The monoisotopic (exact) mass is 469 g/mol. The van der Waals surface area contributed by atoms with Gasteiger partial charge in [-0.1, -0.05) is 48.9 Å². The number of aryl methyl sites for hydroxylation is 1. The van der Waals surface area contributed by atoms with E-state index in [9.17, 15) is 0 Å². The summed E-state index contributed by atoms with van der Waals surface area (Å²) in [5.41, 5.74) is 5.60. The molecule has 1 aliphatic rings. The highest BCUT2D eigenvalue weighted by Gasteiger charge is 2.16. The van der Waals surface area contributed by atoms with E-state index in [1.165, 1.54) is 16.8 Å². The Morgan fingerprint density at radius 1 is 1.06 bits per heavy atom. The van der Waals surface area contributed by atoms with E-state index in [0.29, 0.717) is 16.9 Å². The summed E-state index contributed by atoms with van der Waals surface area (Å²) in [6, 6.07) is 17.0. The van der Waals surface area contributed by atoms with Gasteiger partial charge < -0.3 is 15.1 Å². The van der Waals surface area contributed by atoms with Gasteiger partial charge in [-0.3, -0.25) is 0 Å². The summed E-state index contributed by atoms with van der Waals surface area (Å²) in [4.78, 5) is 13.9. The van der Waals surface area contributed by atoms with Gasteiger partial charge in [-0.15, -0.1) is 0 Å². The second-order valence-electron chi connectivity index (χ2n) is 8.42. The molecule has 1 N–H and O–H groups in total. The SMILES string of the molecule is Cc1cc(N2CCN(C)CC2)ccc1Nc1ncc(Cl)c(C[C@@H](C)c2ccccc2)n1.S. The van der Waals surface area contributed by atoms with Gasteiger partial charge in [-0.25, -0.2) is 9.97 Å². The number of benzene rings is 2. The number of hydrogen-bond donors (Lipinski definition) is 1. The highest BCUT2D eigenvalue weighted by atomic mass is 35.5. The second-order valence-corrected chi connectivity index (χ2v) is 8.83. The minimum absolute atomic E-state index is 0. The molecule has 0 saturated carbocycles. The summed E-state index contributed by atoms with van der Waals surface area (Å²) in [5, 5.41) is 3.99. The van der Waals surface area contributed by atoms with E-state index >= 15 is 0 Å². The molecule has 1 atom stereocenters. The van der Waals surface area contributed by atoms with Crippen molar-refractivity contribution in [1.29, 1.82) is 0 Å². The molecule has 7 heteroatoms. The van der Waals surface area contributed by atoms with Crippen LogP contribution in [-0.4, -0.2) is 48.1 Å². The van der Waals surface area contributed by atoms with Crippen molar-refractivity contribution in [1.82, 2.24) is 14.9 Å². The van der Waals surface area contributed by atoms with Crippen molar-refractivity contribution in [2.75, 3.05) is 43.4 Å². The van der Waals surface area contributed by atoms with Crippen LogP contribution in [0.2, 0.25) is 5.02 Å². The van der Waals surface area contributed by atoms with Crippen LogP contribution < -0.4 is 10.2 Å². The molecule has 2 heterocycles. The number of likely N-dealkylation sites (N-methyl/N-ethyl adjacent to an activating group) is 1. The fraction of sp³-hybridized carbons (Fsp3) is 0.360. The van der Waals surface area contributed by atoms with Gasteiger partial charge >= 0.3 is 0 Å². The zero-order valence-corrected chi connectivity index (χ0v) is 20.7. The third-order valence-corrected chi connectivity index (χ3v) is 6.33. The smallest absolute Gasteiger partial charge is 0.227 e. The highest BCUT2D eigenvalue weighted by molar-refractivity contribution is 7.59. The molecule has 0 radical (unpaired) electrons. The number of halogens is 1. The van der Waals surface area contributed by atoms with Crippen LogP contribution in [0.15, 0.2) is 54.7 Å². The molecule has 170 valence electrons. The van der Waals surface area contributed by atoms with Crippen LogP contribution in [0.1, 0.15) is 29.7 Å². The highest BCUT2D eigenvalue weighted by Crippen LogP contribution is 2.27. The Kier molecular flexibility index (Phi) is 8.40. The Hall–Kier alpha value is -2.28. The van der Waals surface area contributed by atoms with Gasteiger partial charge in [0.2, 0.25) is 5.95 Å². The van der Waals surface area contributed by atoms with E-state index in [0.717, 1.165) is 44.0 Å². The van der Waals surface area contributed by atoms with Crippen molar-refractivity contribution in [3.05, 3.63) is 76.6 Å². The third-order valence-electron chi connectivity index (χ3n) is 6.01. The maximum absolute atomic E-state index is 6.42. The Morgan fingerprint density at radius 3 is 2.47 bits per heavy atom. The van der Waals surface area contributed by atoms with Crippen LogP contribution in [0.3, 0.4) is 0 Å². The van der Waals surface area contributed by atoms with Gasteiger partial charge in [-0.05, 0) is 55.6 Å². The molecule has 1 aromatic heterocycles. The first kappa shape index (κ1) is 24.4. The lowest BCUT2D eigenvalue weighted by Gasteiger charge is -2.34. The van der Waals surface area contributed by atoms with E-state index < -0.39 is 0 Å². The van der Waals surface area contributed by atoms with Crippen molar-refractivity contribution < 1.29 is 0 Å². The number of hydrogen-bond acceptors (Lipinski definition) is 5. The Morgan fingerprint density at radius 2 is 1.78 bits per heavy atom. The van der Waals surface area contributed by atoms with Gasteiger partial charge in [0, 0.05) is 37.6 Å².